The highest BCUT2D eigenvalue weighted by Gasteiger charge is 2.26. The van der Waals surface area contributed by atoms with Gasteiger partial charge in [-0.2, -0.15) is 4.98 Å². The molecule has 1 saturated heterocycles. The minimum Gasteiger partial charge on any atom is -0.493 e. The van der Waals surface area contributed by atoms with Gasteiger partial charge in [-0.3, -0.25) is 4.79 Å². The second kappa shape index (κ2) is 8.97. The van der Waals surface area contributed by atoms with Crippen molar-refractivity contribution in [2.45, 2.75) is 13.3 Å². The first-order valence-electron chi connectivity index (χ1n) is 11.0. The molecule has 0 unspecified atom stereocenters. The van der Waals surface area contributed by atoms with Gasteiger partial charge in [0.25, 0.3) is 5.91 Å². The predicted molar refractivity (Wildman–Crippen MR) is 124 cm³/mol. The molecule has 0 saturated carbocycles. The number of pyridine rings is 1. The number of amides is 1. The number of aryl methyl sites for hydroxylation is 1. The smallest absolute Gasteiger partial charge is 0.349 e. The molecule has 34 heavy (non-hydrogen) atoms. The molecule has 0 N–H and O–H groups in total. The minimum absolute atomic E-state index is 0.0169. The van der Waals surface area contributed by atoms with Gasteiger partial charge in [-0.25, -0.2) is 9.78 Å². The molecule has 10 nitrogen and oxygen atoms in total. The van der Waals surface area contributed by atoms with Crippen LogP contribution in [0.25, 0.3) is 22.4 Å². The molecule has 1 aromatic carbocycles. The Morgan fingerprint density at radius 1 is 1.15 bits per heavy atom. The number of carbonyl (C=O) groups excluding carboxylic acids is 1. The Balaban J connectivity index is 1.27. The van der Waals surface area contributed by atoms with Gasteiger partial charge in [-0.05, 0) is 24.3 Å². The van der Waals surface area contributed by atoms with E-state index in [0.29, 0.717) is 61.0 Å². The predicted octanol–water partition coefficient (Wildman–Crippen LogP) is 2.77. The van der Waals surface area contributed by atoms with Crippen LogP contribution in [0.1, 0.15) is 23.2 Å². The Kier molecular flexibility index (Phi) is 5.70. The van der Waals surface area contributed by atoms with Crippen molar-refractivity contribution < 1.29 is 18.5 Å². The Morgan fingerprint density at radius 2 is 1.97 bits per heavy atom. The van der Waals surface area contributed by atoms with Crippen LogP contribution in [0.15, 0.2) is 56.3 Å². The third-order valence-corrected chi connectivity index (χ3v) is 5.84. The number of rotatable bonds is 5. The standard InChI is InChI=1S/C24H23N5O5/c1-3-20-26-22(27-34-20)16-7-8-19(25-14-16)28-9-11-29(12-10-28)23(30)17-13-15-5-4-6-18(32-2)21(15)33-24(17)31/h4-8,13-14H,3,9-12H2,1-2H3. The van der Waals surface area contributed by atoms with Crippen molar-refractivity contribution in [1.82, 2.24) is 20.0 Å². The van der Waals surface area contributed by atoms with Crippen LogP contribution < -0.4 is 15.3 Å². The van der Waals surface area contributed by atoms with E-state index in [9.17, 15) is 9.59 Å². The van der Waals surface area contributed by atoms with Gasteiger partial charge < -0.3 is 23.5 Å². The second-order valence-corrected chi connectivity index (χ2v) is 7.88. The molecule has 0 aliphatic carbocycles. The average Bonchev–Trinajstić information content (AvgIpc) is 3.37. The molecule has 4 heterocycles. The number of anilines is 1. The van der Waals surface area contributed by atoms with Gasteiger partial charge in [0.15, 0.2) is 11.3 Å². The number of hydrogen-bond donors (Lipinski definition) is 0. The molecular formula is C24H23N5O5. The number of carbonyl (C=O) groups is 1. The lowest BCUT2D eigenvalue weighted by atomic mass is 10.1. The van der Waals surface area contributed by atoms with E-state index < -0.39 is 5.63 Å². The van der Waals surface area contributed by atoms with Gasteiger partial charge in [0.2, 0.25) is 11.7 Å². The lowest BCUT2D eigenvalue weighted by Gasteiger charge is -2.35. The van der Waals surface area contributed by atoms with Gasteiger partial charge in [0, 0.05) is 49.7 Å². The molecule has 174 valence electrons. The Bertz CT molecular complexity index is 1390. The summed E-state index contributed by atoms with van der Waals surface area (Å²) in [5, 5.41) is 4.61. The van der Waals surface area contributed by atoms with Crippen molar-refractivity contribution in [3.8, 4) is 17.1 Å². The summed E-state index contributed by atoms with van der Waals surface area (Å²) < 4.78 is 15.8. The fraction of sp³-hybridized carbons (Fsp3) is 0.292. The average molecular weight is 461 g/mol. The van der Waals surface area contributed by atoms with Crippen LogP contribution in [0, 0.1) is 0 Å². The van der Waals surface area contributed by atoms with Gasteiger partial charge in [-0.15, -0.1) is 0 Å². The van der Waals surface area contributed by atoms with Gasteiger partial charge >= 0.3 is 5.63 Å². The largest absolute Gasteiger partial charge is 0.493 e. The number of aromatic nitrogens is 3. The SMILES string of the molecule is CCc1nc(-c2ccc(N3CCN(C(=O)c4cc5cccc(OC)c5oc4=O)CC3)nc2)no1. The fourth-order valence-electron chi connectivity index (χ4n) is 3.96. The Labute approximate surface area is 194 Å². The van der Waals surface area contributed by atoms with Gasteiger partial charge in [0.1, 0.15) is 11.4 Å². The summed E-state index contributed by atoms with van der Waals surface area (Å²) in [6.07, 6.45) is 2.39. The maximum Gasteiger partial charge on any atom is 0.349 e. The zero-order chi connectivity index (χ0) is 23.7. The molecule has 5 rings (SSSR count). The molecule has 1 aliphatic heterocycles. The first-order chi connectivity index (χ1) is 16.6. The van der Waals surface area contributed by atoms with Crippen LogP contribution in [0.5, 0.6) is 5.75 Å². The highest BCUT2D eigenvalue weighted by Crippen LogP contribution is 2.25. The third kappa shape index (κ3) is 3.98. The lowest BCUT2D eigenvalue weighted by Crippen LogP contribution is -2.49. The summed E-state index contributed by atoms with van der Waals surface area (Å²) in [6.45, 7) is 4.05. The van der Waals surface area contributed by atoms with E-state index in [1.165, 1.54) is 7.11 Å². The molecule has 0 atom stereocenters. The minimum atomic E-state index is -0.672. The summed E-state index contributed by atoms with van der Waals surface area (Å²) >= 11 is 0. The first kappa shape index (κ1) is 21.6. The van der Waals surface area contributed by atoms with Crippen molar-refractivity contribution >= 4 is 22.7 Å². The number of para-hydroxylation sites is 1. The molecule has 10 heteroatoms. The fourth-order valence-corrected chi connectivity index (χ4v) is 3.96. The van der Waals surface area contributed by atoms with E-state index in [1.807, 2.05) is 19.1 Å². The highest BCUT2D eigenvalue weighted by molar-refractivity contribution is 5.97. The summed E-state index contributed by atoms with van der Waals surface area (Å²) in [6, 6.07) is 10.6. The quantitative estimate of drug-likeness (QED) is 0.414. The summed E-state index contributed by atoms with van der Waals surface area (Å²) in [5.74, 6) is 2.00. The van der Waals surface area contributed by atoms with Crippen molar-refractivity contribution in [1.29, 1.82) is 0 Å². The zero-order valence-corrected chi connectivity index (χ0v) is 18.9. The van der Waals surface area contributed by atoms with Gasteiger partial charge in [-0.1, -0.05) is 24.2 Å². The van der Waals surface area contributed by atoms with Crippen LogP contribution in [0.3, 0.4) is 0 Å². The number of benzene rings is 1. The second-order valence-electron chi connectivity index (χ2n) is 7.88. The molecule has 3 aromatic heterocycles. The Hall–Kier alpha value is -4.21. The molecule has 4 aromatic rings. The summed E-state index contributed by atoms with van der Waals surface area (Å²) in [4.78, 5) is 38.2. The van der Waals surface area contributed by atoms with E-state index in [0.717, 1.165) is 11.4 Å². The normalized spacial score (nSPS) is 13.9. The van der Waals surface area contributed by atoms with E-state index in [2.05, 4.69) is 20.0 Å². The molecule has 0 bridgehead atoms. The molecule has 1 fully saturated rings. The van der Waals surface area contributed by atoms with E-state index in [4.69, 9.17) is 13.7 Å². The highest BCUT2D eigenvalue weighted by atomic mass is 16.5. The maximum atomic E-state index is 13.1. The number of nitrogens with zero attached hydrogens (tertiary/aromatic N) is 5. The van der Waals surface area contributed by atoms with Crippen molar-refractivity contribution in [2.75, 3.05) is 38.2 Å². The molecular weight excluding hydrogens is 438 g/mol. The number of hydrogen-bond acceptors (Lipinski definition) is 9. The van der Waals surface area contributed by atoms with E-state index in [1.54, 1.807) is 35.4 Å². The summed E-state index contributed by atoms with van der Waals surface area (Å²) in [5.41, 5.74) is 0.455. The molecule has 0 radical (unpaired) electrons. The number of methoxy groups -OCH3 is 1. The van der Waals surface area contributed by atoms with E-state index >= 15 is 0 Å². The van der Waals surface area contributed by atoms with Crippen molar-refractivity contribution in [3.63, 3.8) is 0 Å². The molecule has 0 spiro atoms. The topological polar surface area (TPSA) is 115 Å². The first-order valence-corrected chi connectivity index (χ1v) is 11.0. The Morgan fingerprint density at radius 3 is 2.65 bits per heavy atom. The van der Waals surface area contributed by atoms with Crippen LogP contribution in [-0.2, 0) is 6.42 Å². The zero-order valence-electron chi connectivity index (χ0n) is 18.9. The number of piperazine rings is 1. The van der Waals surface area contributed by atoms with E-state index in [-0.39, 0.29) is 11.5 Å². The monoisotopic (exact) mass is 461 g/mol. The molecule has 1 amide bonds. The number of ether oxygens (including phenoxy) is 1. The summed E-state index contributed by atoms with van der Waals surface area (Å²) in [7, 11) is 1.50. The van der Waals surface area contributed by atoms with Crippen LogP contribution in [-0.4, -0.2) is 59.2 Å². The third-order valence-electron chi connectivity index (χ3n) is 5.84. The van der Waals surface area contributed by atoms with Crippen LogP contribution in [0.4, 0.5) is 5.82 Å². The molecule has 1 aliphatic rings. The van der Waals surface area contributed by atoms with Gasteiger partial charge in [0.05, 0.1) is 7.11 Å². The number of fused-ring (bicyclic) bond motifs is 1. The van der Waals surface area contributed by atoms with Crippen molar-refractivity contribution in [3.05, 3.63) is 64.5 Å². The lowest BCUT2D eigenvalue weighted by molar-refractivity contribution is 0.0742. The van der Waals surface area contributed by atoms with Crippen LogP contribution in [0.2, 0.25) is 0 Å². The maximum absolute atomic E-state index is 13.1. The van der Waals surface area contributed by atoms with Crippen LogP contribution >= 0.6 is 0 Å². The van der Waals surface area contributed by atoms with Crippen molar-refractivity contribution in [2.24, 2.45) is 0 Å².